The molecule has 1 unspecified atom stereocenters. The molecule has 1 atom stereocenters. The molecule has 1 aromatic carbocycles. The minimum absolute atomic E-state index is 0.112. The van der Waals surface area contributed by atoms with Gasteiger partial charge in [-0.15, -0.1) is 0 Å². The Balaban J connectivity index is 2.50. The monoisotopic (exact) mass is 280 g/mol. The number of rotatable bonds is 7. The predicted molar refractivity (Wildman–Crippen MR) is 73.4 cm³/mol. The lowest BCUT2D eigenvalue weighted by atomic mass is 10.0. The first-order valence-electron chi connectivity index (χ1n) is 6.45. The van der Waals surface area contributed by atoms with E-state index < -0.39 is 12.1 Å². The Morgan fingerprint density at radius 2 is 1.80 bits per heavy atom. The number of aliphatic hydroxyl groups excluding tert-OH is 1. The van der Waals surface area contributed by atoms with Crippen molar-refractivity contribution in [2.24, 2.45) is 0 Å². The third kappa shape index (κ3) is 5.40. The number of methoxy groups -OCH3 is 1. The lowest BCUT2D eigenvalue weighted by Gasteiger charge is -2.11. The number of hydrogen-bond acceptors (Lipinski definition) is 5. The van der Waals surface area contributed by atoms with Crippen molar-refractivity contribution in [2.75, 3.05) is 7.11 Å². The molecule has 0 heterocycles. The first-order chi connectivity index (χ1) is 9.42. The van der Waals surface area contributed by atoms with E-state index in [4.69, 9.17) is 9.47 Å². The highest BCUT2D eigenvalue weighted by Crippen LogP contribution is 2.20. The molecule has 0 spiro atoms. The van der Waals surface area contributed by atoms with Crippen LogP contribution in [0.3, 0.4) is 0 Å². The highest BCUT2D eigenvalue weighted by atomic mass is 16.5. The molecule has 1 aromatic rings. The van der Waals surface area contributed by atoms with Crippen molar-refractivity contribution in [1.82, 2.24) is 0 Å². The van der Waals surface area contributed by atoms with Crippen LogP contribution in [0.2, 0.25) is 0 Å². The van der Waals surface area contributed by atoms with Gasteiger partial charge in [-0.3, -0.25) is 9.59 Å². The van der Waals surface area contributed by atoms with Crippen LogP contribution in [0.4, 0.5) is 0 Å². The van der Waals surface area contributed by atoms with Gasteiger partial charge < -0.3 is 14.6 Å². The molecular weight excluding hydrogens is 260 g/mol. The van der Waals surface area contributed by atoms with Crippen LogP contribution in [-0.4, -0.2) is 30.1 Å². The van der Waals surface area contributed by atoms with Crippen molar-refractivity contribution in [3.63, 3.8) is 0 Å². The molecule has 1 rings (SSSR count). The molecule has 110 valence electrons. The Morgan fingerprint density at radius 3 is 2.30 bits per heavy atom. The molecule has 0 fully saturated rings. The predicted octanol–water partition coefficient (Wildman–Crippen LogP) is 2.03. The number of ether oxygens (including phenoxy) is 2. The van der Waals surface area contributed by atoms with E-state index in [2.05, 4.69) is 0 Å². The fourth-order valence-electron chi connectivity index (χ4n) is 1.70. The van der Waals surface area contributed by atoms with Crippen LogP contribution >= 0.6 is 0 Å². The standard InChI is InChI=1S/C15H20O5/c1-10(2)20-15(18)9-12(16)8-14(17)11-4-6-13(19-3)7-5-11/h4-7,10,14,17H,8-9H2,1-3H3. The second-order valence-corrected chi connectivity index (χ2v) is 4.75. The number of benzene rings is 1. The quantitative estimate of drug-likeness (QED) is 0.611. The fraction of sp³-hybridized carbons (Fsp3) is 0.467. The van der Waals surface area contributed by atoms with Crippen molar-refractivity contribution >= 4 is 11.8 Å². The number of aliphatic hydroxyl groups is 1. The van der Waals surface area contributed by atoms with Crippen molar-refractivity contribution in [2.45, 2.75) is 38.9 Å². The Bertz CT molecular complexity index is 450. The molecule has 0 aromatic heterocycles. The maximum absolute atomic E-state index is 11.7. The average molecular weight is 280 g/mol. The Hall–Kier alpha value is -1.88. The molecule has 5 heteroatoms. The van der Waals surface area contributed by atoms with Gasteiger partial charge in [-0.25, -0.2) is 0 Å². The SMILES string of the molecule is COc1ccc(C(O)CC(=O)CC(=O)OC(C)C)cc1. The zero-order valence-corrected chi connectivity index (χ0v) is 12.0. The van der Waals surface area contributed by atoms with Crippen molar-refractivity contribution in [1.29, 1.82) is 0 Å². The Labute approximate surface area is 118 Å². The number of carbonyl (C=O) groups excluding carboxylic acids is 2. The van der Waals surface area contributed by atoms with E-state index in [0.717, 1.165) is 0 Å². The van der Waals surface area contributed by atoms with Gasteiger partial charge in [0.05, 0.1) is 19.3 Å². The average Bonchev–Trinajstić information content (AvgIpc) is 2.37. The molecule has 5 nitrogen and oxygen atoms in total. The van der Waals surface area contributed by atoms with E-state index in [-0.39, 0.29) is 24.7 Å². The summed E-state index contributed by atoms with van der Waals surface area (Å²) in [6, 6.07) is 6.78. The normalized spacial score (nSPS) is 12.1. The minimum Gasteiger partial charge on any atom is -0.497 e. The van der Waals surface area contributed by atoms with Crippen LogP contribution in [0.5, 0.6) is 5.75 Å². The first kappa shape index (κ1) is 16.2. The summed E-state index contributed by atoms with van der Waals surface area (Å²) in [5.41, 5.74) is 0.608. The lowest BCUT2D eigenvalue weighted by Crippen LogP contribution is -2.17. The Kier molecular flexibility index (Phi) is 6.18. The fourth-order valence-corrected chi connectivity index (χ4v) is 1.70. The maximum Gasteiger partial charge on any atom is 0.313 e. The van der Waals surface area contributed by atoms with Crippen LogP contribution in [0, 0.1) is 0 Å². The molecule has 0 amide bonds. The van der Waals surface area contributed by atoms with Crippen LogP contribution in [-0.2, 0) is 14.3 Å². The largest absolute Gasteiger partial charge is 0.497 e. The third-order valence-corrected chi connectivity index (χ3v) is 2.63. The zero-order chi connectivity index (χ0) is 15.1. The van der Waals surface area contributed by atoms with Gasteiger partial charge in [-0.2, -0.15) is 0 Å². The molecule has 0 saturated carbocycles. The van der Waals surface area contributed by atoms with Gasteiger partial charge in [0.2, 0.25) is 0 Å². The van der Waals surface area contributed by atoms with Crippen LogP contribution in [0.1, 0.15) is 38.4 Å². The van der Waals surface area contributed by atoms with Gasteiger partial charge in [-0.05, 0) is 31.5 Å². The summed E-state index contributed by atoms with van der Waals surface area (Å²) < 4.78 is 9.89. The van der Waals surface area contributed by atoms with Crippen molar-refractivity contribution < 1.29 is 24.2 Å². The number of hydrogen-bond donors (Lipinski definition) is 1. The summed E-state index contributed by atoms with van der Waals surface area (Å²) in [7, 11) is 1.55. The van der Waals surface area contributed by atoms with Gasteiger partial charge in [0.25, 0.3) is 0 Å². The smallest absolute Gasteiger partial charge is 0.313 e. The molecule has 0 aliphatic heterocycles. The maximum atomic E-state index is 11.7. The highest BCUT2D eigenvalue weighted by molar-refractivity contribution is 5.95. The molecule has 0 bridgehead atoms. The van der Waals surface area contributed by atoms with Gasteiger partial charge in [0.15, 0.2) is 0 Å². The molecule has 20 heavy (non-hydrogen) atoms. The molecular formula is C15H20O5. The van der Waals surface area contributed by atoms with Gasteiger partial charge >= 0.3 is 5.97 Å². The number of Topliss-reactive ketones (excluding diaryl/α,β-unsaturated/α-hetero) is 1. The molecule has 0 radical (unpaired) electrons. The van der Waals surface area contributed by atoms with Crippen molar-refractivity contribution in [3.8, 4) is 5.75 Å². The first-order valence-corrected chi connectivity index (χ1v) is 6.45. The van der Waals surface area contributed by atoms with E-state index in [9.17, 15) is 14.7 Å². The number of ketones is 1. The van der Waals surface area contributed by atoms with Gasteiger partial charge in [-0.1, -0.05) is 12.1 Å². The van der Waals surface area contributed by atoms with E-state index in [0.29, 0.717) is 11.3 Å². The number of carbonyl (C=O) groups is 2. The van der Waals surface area contributed by atoms with Crippen LogP contribution in [0.15, 0.2) is 24.3 Å². The van der Waals surface area contributed by atoms with E-state index in [1.165, 1.54) is 0 Å². The molecule has 0 aliphatic carbocycles. The summed E-state index contributed by atoms with van der Waals surface area (Å²) in [6.45, 7) is 3.43. The number of esters is 1. The topological polar surface area (TPSA) is 72.8 Å². The second kappa shape index (κ2) is 7.65. The molecule has 1 N–H and O–H groups in total. The van der Waals surface area contributed by atoms with Crippen LogP contribution in [0.25, 0.3) is 0 Å². The van der Waals surface area contributed by atoms with E-state index >= 15 is 0 Å². The third-order valence-electron chi connectivity index (χ3n) is 2.63. The molecule has 0 saturated heterocycles. The van der Waals surface area contributed by atoms with E-state index in [1.54, 1.807) is 45.2 Å². The second-order valence-electron chi connectivity index (χ2n) is 4.75. The van der Waals surface area contributed by atoms with Crippen molar-refractivity contribution in [3.05, 3.63) is 29.8 Å². The zero-order valence-electron chi connectivity index (χ0n) is 12.0. The Morgan fingerprint density at radius 1 is 1.20 bits per heavy atom. The summed E-state index contributed by atoms with van der Waals surface area (Å²) in [5.74, 6) is -0.237. The van der Waals surface area contributed by atoms with Crippen LogP contribution < -0.4 is 4.74 Å². The van der Waals surface area contributed by atoms with Gasteiger partial charge in [0, 0.05) is 6.42 Å². The summed E-state index contributed by atoms with van der Waals surface area (Å²) in [5, 5.41) is 9.94. The lowest BCUT2D eigenvalue weighted by molar-refractivity contribution is -0.149. The van der Waals surface area contributed by atoms with Gasteiger partial charge in [0.1, 0.15) is 18.0 Å². The minimum atomic E-state index is -0.930. The summed E-state index contributed by atoms with van der Waals surface area (Å²) >= 11 is 0. The van der Waals surface area contributed by atoms with E-state index in [1.807, 2.05) is 0 Å². The highest BCUT2D eigenvalue weighted by Gasteiger charge is 2.17. The summed E-state index contributed by atoms with van der Waals surface area (Å²) in [4.78, 5) is 23.0. The molecule has 0 aliphatic rings. The summed E-state index contributed by atoms with van der Waals surface area (Å²) in [6.07, 6.45) is -1.60.